The molecular weight excluding hydrogens is 362 g/mol. The Hall–Kier alpha value is -3.27. The highest BCUT2D eigenvalue weighted by Crippen LogP contribution is 2.22. The van der Waals surface area contributed by atoms with Crippen molar-refractivity contribution in [2.24, 2.45) is 0 Å². The van der Waals surface area contributed by atoms with Crippen LogP contribution in [0.5, 0.6) is 11.5 Å². The third kappa shape index (κ3) is 6.11. The van der Waals surface area contributed by atoms with E-state index in [0.717, 1.165) is 24.2 Å². The lowest BCUT2D eigenvalue weighted by molar-refractivity contribution is 0.0938. The summed E-state index contributed by atoms with van der Waals surface area (Å²) in [6.07, 6.45) is 1.82. The van der Waals surface area contributed by atoms with Crippen LogP contribution in [0.2, 0.25) is 0 Å². The molecule has 150 valence electrons. The number of amides is 1. The number of hydrogen-bond acceptors (Lipinski definition) is 3. The van der Waals surface area contributed by atoms with Gasteiger partial charge in [-0.2, -0.15) is 0 Å². The van der Waals surface area contributed by atoms with E-state index >= 15 is 0 Å². The van der Waals surface area contributed by atoms with E-state index in [9.17, 15) is 4.79 Å². The molecular formula is C25H27NO3. The first-order valence-corrected chi connectivity index (χ1v) is 9.85. The third-order valence-corrected chi connectivity index (χ3v) is 4.77. The maximum Gasteiger partial charge on any atom is 0.251 e. The van der Waals surface area contributed by atoms with Crippen molar-refractivity contribution in [3.8, 4) is 11.5 Å². The molecule has 0 radical (unpaired) electrons. The van der Waals surface area contributed by atoms with Crippen molar-refractivity contribution >= 4 is 5.91 Å². The first kappa shape index (κ1) is 20.5. The predicted octanol–water partition coefficient (Wildman–Crippen LogP) is 5.03. The van der Waals surface area contributed by atoms with E-state index in [4.69, 9.17) is 9.47 Å². The minimum absolute atomic E-state index is 0.0776. The molecule has 0 heterocycles. The number of hydrogen-bond donors (Lipinski definition) is 1. The van der Waals surface area contributed by atoms with Crippen molar-refractivity contribution in [1.29, 1.82) is 0 Å². The Balaban J connectivity index is 1.60. The average Bonchev–Trinajstić information content (AvgIpc) is 2.77. The van der Waals surface area contributed by atoms with Crippen LogP contribution in [0.3, 0.4) is 0 Å². The Morgan fingerprint density at radius 3 is 2.34 bits per heavy atom. The Kier molecular flexibility index (Phi) is 7.28. The van der Waals surface area contributed by atoms with Crippen LogP contribution < -0.4 is 14.8 Å². The van der Waals surface area contributed by atoms with Gasteiger partial charge in [0.05, 0.1) is 7.11 Å². The largest absolute Gasteiger partial charge is 0.496 e. The molecule has 0 fully saturated rings. The third-order valence-electron chi connectivity index (χ3n) is 4.77. The monoisotopic (exact) mass is 389 g/mol. The Morgan fingerprint density at radius 2 is 1.66 bits per heavy atom. The highest BCUT2D eigenvalue weighted by molar-refractivity contribution is 5.94. The number of benzene rings is 3. The van der Waals surface area contributed by atoms with Gasteiger partial charge < -0.3 is 14.8 Å². The first-order chi connectivity index (χ1) is 14.2. The lowest BCUT2D eigenvalue weighted by Gasteiger charge is -2.16. The molecule has 4 nitrogen and oxygen atoms in total. The minimum Gasteiger partial charge on any atom is -0.496 e. The molecule has 1 N–H and O–H groups in total. The van der Waals surface area contributed by atoms with Crippen molar-refractivity contribution in [2.45, 2.75) is 32.4 Å². The van der Waals surface area contributed by atoms with E-state index in [1.54, 1.807) is 13.2 Å². The number of rotatable bonds is 9. The fourth-order valence-electron chi connectivity index (χ4n) is 3.12. The molecule has 0 saturated carbocycles. The fraction of sp³-hybridized carbons (Fsp3) is 0.240. The summed E-state index contributed by atoms with van der Waals surface area (Å²) in [6.45, 7) is 2.36. The Morgan fingerprint density at radius 1 is 0.966 bits per heavy atom. The first-order valence-electron chi connectivity index (χ1n) is 9.85. The van der Waals surface area contributed by atoms with Gasteiger partial charge in [0.2, 0.25) is 0 Å². The summed E-state index contributed by atoms with van der Waals surface area (Å²) in [5.74, 6) is 1.39. The van der Waals surface area contributed by atoms with Crippen molar-refractivity contribution in [3.05, 3.63) is 95.6 Å². The van der Waals surface area contributed by atoms with Gasteiger partial charge in [0.25, 0.3) is 5.91 Å². The number of carbonyl (C=O) groups is 1. The molecule has 4 heteroatoms. The number of aryl methyl sites for hydroxylation is 1. The van der Waals surface area contributed by atoms with Gasteiger partial charge in [-0.1, -0.05) is 48.5 Å². The molecule has 3 rings (SSSR count). The zero-order chi connectivity index (χ0) is 20.5. The quantitative estimate of drug-likeness (QED) is 0.559. The van der Waals surface area contributed by atoms with Crippen LogP contribution in [0.1, 0.15) is 34.8 Å². The van der Waals surface area contributed by atoms with E-state index in [0.29, 0.717) is 17.9 Å². The summed E-state index contributed by atoms with van der Waals surface area (Å²) in [7, 11) is 1.62. The van der Waals surface area contributed by atoms with E-state index < -0.39 is 0 Å². The van der Waals surface area contributed by atoms with Crippen LogP contribution in [0.25, 0.3) is 0 Å². The summed E-state index contributed by atoms with van der Waals surface area (Å²) in [6, 6.07) is 25.4. The van der Waals surface area contributed by atoms with Gasteiger partial charge in [-0.15, -0.1) is 0 Å². The lowest BCUT2D eigenvalue weighted by atomic mass is 10.1. The van der Waals surface area contributed by atoms with E-state index in [2.05, 4.69) is 17.4 Å². The van der Waals surface area contributed by atoms with Gasteiger partial charge in [0.1, 0.15) is 18.1 Å². The Labute approximate surface area is 172 Å². The lowest BCUT2D eigenvalue weighted by Crippen LogP contribution is -2.33. The zero-order valence-electron chi connectivity index (χ0n) is 16.9. The van der Waals surface area contributed by atoms with Gasteiger partial charge in [-0.05, 0) is 55.7 Å². The minimum atomic E-state index is -0.0887. The molecule has 0 aromatic heterocycles. The number of nitrogens with one attached hydrogen (secondary N) is 1. The highest BCUT2D eigenvalue weighted by atomic mass is 16.5. The smallest absolute Gasteiger partial charge is 0.251 e. The summed E-state index contributed by atoms with van der Waals surface area (Å²) < 4.78 is 11.3. The summed E-state index contributed by atoms with van der Waals surface area (Å²) in [4.78, 5) is 12.7. The number of para-hydroxylation sites is 1. The van der Waals surface area contributed by atoms with E-state index in [1.165, 1.54) is 5.56 Å². The number of ether oxygens (including phenoxy) is 2. The average molecular weight is 389 g/mol. The number of carbonyl (C=O) groups excluding carboxylic acids is 1. The molecule has 1 amide bonds. The SMILES string of the molecule is COc1ccc(C(=O)N[C@H](C)CCc2ccccc2)cc1COc1ccccc1. The van der Waals surface area contributed by atoms with Crippen LogP contribution in [-0.4, -0.2) is 19.1 Å². The normalized spacial score (nSPS) is 11.5. The molecule has 0 bridgehead atoms. The van der Waals surface area contributed by atoms with Gasteiger partial charge in [0, 0.05) is 17.2 Å². The van der Waals surface area contributed by atoms with Crippen LogP contribution >= 0.6 is 0 Å². The van der Waals surface area contributed by atoms with Crippen molar-refractivity contribution in [2.75, 3.05) is 7.11 Å². The predicted molar refractivity (Wildman–Crippen MR) is 115 cm³/mol. The van der Waals surface area contributed by atoms with Crippen molar-refractivity contribution in [3.63, 3.8) is 0 Å². The van der Waals surface area contributed by atoms with Crippen LogP contribution in [0, 0.1) is 0 Å². The topological polar surface area (TPSA) is 47.6 Å². The number of methoxy groups -OCH3 is 1. The highest BCUT2D eigenvalue weighted by Gasteiger charge is 2.13. The van der Waals surface area contributed by atoms with Gasteiger partial charge in [-0.3, -0.25) is 4.79 Å². The molecule has 1 atom stereocenters. The summed E-state index contributed by atoms with van der Waals surface area (Å²) in [5.41, 5.74) is 2.71. The molecule has 0 spiro atoms. The molecule has 0 unspecified atom stereocenters. The van der Waals surface area contributed by atoms with Crippen LogP contribution in [-0.2, 0) is 13.0 Å². The maximum atomic E-state index is 12.7. The van der Waals surface area contributed by atoms with Crippen molar-refractivity contribution in [1.82, 2.24) is 5.32 Å². The molecule has 0 aliphatic carbocycles. The molecule has 0 aliphatic rings. The second kappa shape index (κ2) is 10.3. The second-order valence-electron chi connectivity index (χ2n) is 7.03. The molecule has 3 aromatic carbocycles. The molecule has 3 aromatic rings. The van der Waals surface area contributed by atoms with Crippen molar-refractivity contribution < 1.29 is 14.3 Å². The summed E-state index contributed by atoms with van der Waals surface area (Å²) >= 11 is 0. The van der Waals surface area contributed by atoms with Gasteiger partial charge >= 0.3 is 0 Å². The summed E-state index contributed by atoms with van der Waals surface area (Å²) in [5, 5.41) is 3.08. The van der Waals surface area contributed by atoms with E-state index in [-0.39, 0.29) is 11.9 Å². The Bertz CT molecular complexity index is 910. The molecule has 0 aliphatic heterocycles. The molecule has 29 heavy (non-hydrogen) atoms. The molecule has 0 saturated heterocycles. The fourth-order valence-corrected chi connectivity index (χ4v) is 3.12. The van der Waals surface area contributed by atoms with Gasteiger partial charge in [0.15, 0.2) is 0 Å². The van der Waals surface area contributed by atoms with Gasteiger partial charge in [-0.25, -0.2) is 0 Å². The van der Waals surface area contributed by atoms with Crippen LogP contribution in [0.15, 0.2) is 78.9 Å². The van der Waals surface area contributed by atoms with Crippen LogP contribution in [0.4, 0.5) is 0 Å². The second-order valence-corrected chi connectivity index (χ2v) is 7.03. The standard InChI is InChI=1S/C25H27NO3/c1-19(13-14-20-9-5-3-6-10-20)26-25(27)21-15-16-24(28-2)22(17-21)18-29-23-11-7-4-8-12-23/h3-12,15-17,19H,13-14,18H2,1-2H3,(H,26,27)/t19-/m1/s1. The zero-order valence-corrected chi connectivity index (χ0v) is 16.9. The maximum absolute atomic E-state index is 12.7. The van der Waals surface area contributed by atoms with E-state index in [1.807, 2.05) is 67.6 Å².